The normalized spacial score (nSPS) is 10.1. The minimum atomic E-state index is -0.248. The summed E-state index contributed by atoms with van der Waals surface area (Å²) < 4.78 is 5.87. The number of rotatable bonds is 5. The highest BCUT2D eigenvalue weighted by atomic mass is 16.5. The van der Waals surface area contributed by atoms with E-state index in [0.717, 1.165) is 11.3 Å². The second kappa shape index (κ2) is 7.17. The van der Waals surface area contributed by atoms with Crippen molar-refractivity contribution in [3.63, 3.8) is 0 Å². The molecular weight excluding hydrogens is 290 g/mol. The first-order valence-corrected chi connectivity index (χ1v) is 7.18. The highest BCUT2D eigenvalue weighted by molar-refractivity contribution is 5.92. The molecule has 5 heteroatoms. The molecule has 114 valence electrons. The van der Waals surface area contributed by atoms with Crippen molar-refractivity contribution in [2.24, 2.45) is 0 Å². The summed E-state index contributed by atoms with van der Waals surface area (Å²) in [5.41, 5.74) is 1.22. The molecule has 1 heterocycles. The van der Waals surface area contributed by atoms with E-state index in [9.17, 15) is 4.79 Å². The van der Waals surface area contributed by atoms with Crippen molar-refractivity contribution >= 4 is 5.91 Å². The predicted octanol–water partition coefficient (Wildman–Crippen LogP) is 3.20. The SMILES string of the molecule is O=C(NCc1ccccc1Oc1ccccc1)c1ccncn1. The summed E-state index contributed by atoms with van der Waals surface area (Å²) in [6, 6.07) is 18.7. The van der Waals surface area contributed by atoms with Gasteiger partial charge in [-0.25, -0.2) is 9.97 Å². The van der Waals surface area contributed by atoms with E-state index in [2.05, 4.69) is 15.3 Å². The van der Waals surface area contributed by atoms with E-state index in [0.29, 0.717) is 18.0 Å². The van der Waals surface area contributed by atoms with Crippen LogP contribution in [0.25, 0.3) is 0 Å². The molecule has 0 radical (unpaired) electrons. The Morgan fingerprint density at radius 1 is 1.00 bits per heavy atom. The van der Waals surface area contributed by atoms with Crippen LogP contribution in [0.4, 0.5) is 0 Å². The Morgan fingerprint density at radius 3 is 2.57 bits per heavy atom. The van der Waals surface area contributed by atoms with Gasteiger partial charge in [0.2, 0.25) is 0 Å². The Hall–Kier alpha value is -3.21. The number of carbonyl (C=O) groups excluding carboxylic acids is 1. The zero-order valence-electron chi connectivity index (χ0n) is 12.3. The molecule has 1 aromatic heterocycles. The van der Waals surface area contributed by atoms with Crippen LogP contribution in [0.1, 0.15) is 16.1 Å². The van der Waals surface area contributed by atoms with Crippen molar-refractivity contribution in [1.29, 1.82) is 0 Å². The van der Waals surface area contributed by atoms with Crippen molar-refractivity contribution in [3.8, 4) is 11.5 Å². The van der Waals surface area contributed by atoms with Gasteiger partial charge in [-0.3, -0.25) is 4.79 Å². The minimum Gasteiger partial charge on any atom is -0.457 e. The molecule has 3 aromatic rings. The Bertz CT molecular complexity index is 777. The number of hydrogen-bond donors (Lipinski definition) is 1. The van der Waals surface area contributed by atoms with Crippen LogP contribution in [0.5, 0.6) is 11.5 Å². The molecule has 0 spiro atoms. The molecular formula is C18H15N3O2. The standard InChI is InChI=1S/C18H15N3O2/c22-18(16-10-11-19-13-21-16)20-12-14-6-4-5-9-17(14)23-15-7-2-1-3-8-15/h1-11,13H,12H2,(H,20,22). The summed E-state index contributed by atoms with van der Waals surface area (Å²) in [5.74, 6) is 1.21. The maximum atomic E-state index is 12.0. The van der Waals surface area contributed by atoms with Crippen LogP contribution >= 0.6 is 0 Å². The number of para-hydroxylation sites is 2. The lowest BCUT2D eigenvalue weighted by Crippen LogP contribution is -2.24. The Balaban J connectivity index is 1.70. The van der Waals surface area contributed by atoms with Gasteiger partial charge in [0, 0.05) is 18.3 Å². The van der Waals surface area contributed by atoms with Crippen molar-refractivity contribution in [2.75, 3.05) is 0 Å². The average Bonchev–Trinajstić information content (AvgIpc) is 2.62. The predicted molar refractivity (Wildman–Crippen MR) is 86.2 cm³/mol. The first kappa shape index (κ1) is 14.7. The van der Waals surface area contributed by atoms with Gasteiger partial charge in [-0.15, -0.1) is 0 Å². The lowest BCUT2D eigenvalue weighted by atomic mass is 10.2. The highest BCUT2D eigenvalue weighted by Gasteiger charge is 2.09. The molecule has 0 unspecified atom stereocenters. The van der Waals surface area contributed by atoms with Gasteiger partial charge < -0.3 is 10.1 Å². The molecule has 1 N–H and O–H groups in total. The van der Waals surface area contributed by atoms with Gasteiger partial charge in [-0.1, -0.05) is 36.4 Å². The summed E-state index contributed by atoms with van der Waals surface area (Å²) in [6.45, 7) is 0.353. The smallest absolute Gasteiger partial charge is 0.270 e. The third-order valence-electron chi connectivity index (χ3n) is 3.20. The summed E-state index contributed by atoms with van der Waals surface area (Å²) in [4.78, 5) is 19.8. The molecule has 0 atom stereocenters. The number of nitrogens with zero attached hydrogens (tertiary/aromatic N) is 2. The average molecular weight is 305 g/mol. The molecule has 0 bridgehead atoms. The van der Waals surface area contributed by atoms with Crippen LogP contribution in [0, 0.1) is 0 Å². The number of carbonyl (C=O) groups is 1. The fourth-order valence-corrected chi connectivity index (χ4v) is 2.06. The quantitative estimate of drug-likeness (QED) is 0.786. The number of ether oxygens (including phenoxy) is 1. The number of aromatic nitrogens is 2. The van der Waals surface area contributed by atoms with E-state index in [4.69, 9.17) is 4.74 Å². The van der Waals surface area contributed by atoms with E-state index in [1.165, 1.54) is 12.5 Å². The van der Waals surface area contributed by atoms with Gasteiger partial charge in [0.25, 0.3) is 5.91 Å². The van der Waals surface area contributed by atoms with E-state index >= 15 is 0 Å². The minimum absolute atomic E-state index is 0.248. The Kier molecular flexibility index (Phi) is 4.59. The molecule has 23 heavy (non-hydrogen) atoms. The second-order valence-corrected chi connectivity index (χ2v) is 4.80. The Labute approximate surface area is 134 Å². The number of benzene rings is 2. The monoisotopic (exact) mass is 305 g/mol. The van der Waals surface area contributed by atoms with Crippen LogP contribution in [0.15, 0.2) is 73.2 Å². The first-order valence-electron chi connectivity index (χ1n) is 7.18. The summed E-state index contributed by atoms with van der Waals surface area (Å²) in [6.07, 6.45) is 2.88. The molecule has 0 aliphatic heterocycles. The molecule has 0 fully saturated rings. The molecule has 2 aromatic carbocycles. The van der Waals surface area contributed by atoms with E-state index in [1.807, 2.05) is 54.6 Å². The van der Waals surface area contributed by atoms with Crippen LogP contribution < -0.4 is 10.1 Å². The van der Waals surface area contributed by atoms with E-state index in [1.54, 1.807) is 6.07 Å². The van der Waals surface area contributed by atoms with Gasteiger partial charge in [-0.2, -0.15) is 0 Å². The Morgan fingerprint density at radius 2 is 1.78 bits per heavy atom. The lowest BCUT2D eigenvalue weighted by Gasteiger charge is -2.11. The van der Waals surface area contributed by atoms with Gasteiger partial charge in [0.05, 0.1) is 0 Å². The largest absolute Gasteiger partial charge is 0.457 e. The third-order valence-corrected chi connectivity index (χ3v) is 3.20. The molecule has 0 aliphatic rings. The highest BCUT2D eigenvalue weighted by Crippen LogP contribution is 2.24. The zero-order chi connectivity index (χ0) is 15.9. The molecule has 1 amide bonds. The van der Waals surface area contributed by atoms with Crippen LogP contribution in [-0.2, 0) is 6.54 Å². The number of nitrogens with one attached hydrogen (secondary N) is 1. The van der Waals surface area contributed by atoms with Crippen molar-refractivity contribution in [1.82, 2.24) is 15.3 Å². The topological polar surface area (TPSA) is 64.1 Å². The van der Waals surface area contributed by atoms with Gasteiger partial charge >= 0.3 is 0 Å². The summed E-state index contributed by atoms with van der Waals surface area (Å²) in [7, 11) is 0. The van der Waals surface area contributed by atoms with Crippen LogP contribution in [0.2, 0.25) is 0 Å². The fourth-order valence-electron chi connectivity index (χ4n) is 2.06. The summed E-state index contributed by atoms with van der Waals surface area (Å²) >= 11 is 0. The molecule has 3 rings (SSSR count). The van der Waals surface area contributed by atoms with Gasteiger partial charge in [-0.05, 0) is 24.3 Å². The molecule has 0 aliphatic carbocycles. The maximum absolute atomic E-state index is 12.0. The molecule has 0 saturated carbocycles. The molecule has 0 saturated heterocycles. The number of hydrogen-bond acceptors (Lipinski definition) is 4. The van der Waals surface area contributed by atoms with E-state index < -0.39 is 0 Å². The van der Waals surface area contributed by atoms with Gasteiger partial charge in [0.15, 0.2) is 0 Å². The molecule has 5 nitrogen and oxygen atoms in total. The second-order valence-electron chi connectivity index (χ2n) is 4.80. The van der Waals surface area contributed by atoms with Gasteiger partial charge in [0.1, 0.15) is 23.5 Å². The maximum Gasteiger partial charge on any atom is 0.270 e. The number of amides is 1. The van der Waals surface area contributed by atoms with E-state index in [-0.39, 0.29) is 5.91 Å². The fraction of sp³-hybridized carbons (Fsp3) is 0.0556. The zero-order valence-corrected chi connectivity index (χ0v) is 12.3. The van der Waals surface area contributed by atoms with Crippen molar-refractivity contribution < 1.29 is 9.53 Å². The third kappa shape index (κ3) is 3.91. The van der Waals surface area contributed by atoms with Crippen LogP contribution in [-0.4, -0.2) is 15.9 Å². The van der Waals surface area contributed by atoms with Crippen molar-refractivity contribution in [2.45, 2.75) is 6.54 Å². The first-order chi connectivity index (χ1) is 11.3. The van der Waals surface area contributed by atoms with Crippen molar-refractivity contribution in [3.05, 3.63) is 84.4 Å². The lowest BCUT2D eigenvalue weighted by molar-refractivity contribution is 0.0945. The summed E-state index contributed by atoms with van der Waals surface area (Å²) in [5, 5.41) is 2.83. The van der Waals surface area contributed by atoms with Crippen LogP contribution in [0.3, 0.4) is 0 Å².